The van der Waals surface area contributed by atoms with E-state index in [9.17, 15) is 4.79 Å². The van der Waals surface area contributed by atoms with Crippen molar-refractivity contribution >= 4 is 6.03 Å². The SMILES string of the molecule is C=CCN1CCN(C(=O)NCc2cccnc2)CC1. The Morgan fingerprint density at radius 1 is 1.42 bits per heavy atom. The molecule has 1 saturated heterocycles. The molecule has 0 bridgehead atoms. The lowest BCUT2D eigenvalue weighted by Crippen LogP contribution is -2.51. The fourth-order valence-electron chi connectivity index (χ4n) is 2.11. The summed E-state index contributed by atoms with van der Waals surface area (Å²) < 4.78 is 0. The van der Waals surface area contributed by atoms with Crippen LogP contribution in [0.3, 0.4) is 0 Å². The molecule has 0 aromatic carbocycles. The van der Waals surface area contributed by atoms with Crippen molar-refractivity contribution in [1.29, 1.82) is 0 Å². The van der Waals surface area contributed by atoms with E-state index in [0.29, 0.717) is 6.54 Å². The minimum absolute atomic E-state index is 0.00195. The molecule has 19 heavy (non-hydrogen) atoms. The third kappa shape index (κ3) is 4.06. The zero-order chi connectivity index (χ0) is 13.5. The molecule has 0 unspecified atom stereocenters. The van der Waals surface area contributed by atoms with E-state index in [1.54, 1.807) is 12.4 Å². The second kappa shape index (κ2) is 6.89. The number of nitrogens with one attached hydrogen (secondary N) is 1. The summed E-state index contributed by atoms with van der Waals surface area (Å²) in [5.74, 6) is 0. The number of piperazine rings is 1. The molecule has 1 aromatic rings. The highest BCUT2D eigenvalue weighted by Crippen LogP contribution is 2.02. The average Bonchev–Trinajstić information content (AvgIpc) is 2.47. The molecule has 1 fully saturated rings. The quantitative estimate of drug-likeness (QED) is 0.825. The number of aromatic nitrogens is 1. The topological polar surface area (TPSA) is 48.5 Å². The third-order valence-electron chi connectivity index (χ3n) is 3.21. The molecule has 102 valence electrons. The summed E-state index contributed by atoms with van der Waals surface area (Å²) >= 11 is 0. The number of nitrogens with zero attached hydrogens (tertiary/aromatic N) is 3. The predicted octanol–water partition coefficient (Wildman–Crippen LogP) is 1.09. The molecule has 5 nitrogen and oxygen atoms in total. The highest BCUT2D eigenvalue weighted by Gasteiger charge is 2.19. The fourth-order valence-corrected chi connectivity index (χ4v) is 2.11. The van der Waals surface area contributed by atoms with Gasteiger partial charge in [-0.25, -0.2) is 4.79 Å². The van der Waals surface area contributed by atoms with Crippen LogP contribution in [0.15, 0.2) is 37.2 Å². The number of carbonyl (C=O) groups excluding carboxylic acids is 1. The molecule has 5 heteroatoms. The van der Waals surface area contributed by atoms with E-state index in [0.717, 1.165) is 38.3 Å². The first kappa shape index (κ1) is 13.5. The summed E-state index contributed by atoms with van der Waals surface area (Å²) in [7, 11) is 0. The monoisotopic (exact) mass is 260 g/mol. The Morgan fingerprint density at radius 2 is 2.21 bits per heavy atom. The molecular formula is C14H20N4O. The van der Waals surface area contributed by atoms with Gasteiger partial charge in [0.05, 0.1) is 0 Å². The van der Waals surface area contributed by atoms with Gasteiger partial charge in [-0.2, -0.15) is 0 Å². The van der Waals surface area contributed by atoms with Crippen LogP contribution >= 0.6 is 0 Å². The lowest BCUT2D eigenvalue weighted by molar-refractivity contribution is 0.146. The van der Waals surface area contributed by atoms with E-state index < -0.39 is 0 Å². The Kier molecular flexibility index (Phi) is 4.92. The minimum atomic E-state index is 0.00195. The Labute approximate surface area is 113 Å². The Morgan fingerprint density at radius 3 is 2.84 bits per heavy atom. The molecule has 0 spiro atoms. The van der Waals surface area contributed by atoms with Crippen molar-refractivity contribution < 1.29 is 4.79 Å². The smallest absolute Gasteiger partial charge is 0.317 e. The van der Waals surface area contributed by atoms with Gasteiger partial charge in [0, 0.05) is 51.7 Å². The van der Waals surface area contributed by atoms with Gasteiger partial charge < -0.3 is 10.2 Å². The maximum atomic E-state index is 12.0. The van der Waals surface area contributed by atoms with Gasteiger partial charge in [-0.1, -0.05) is 12.1 Å². The Hall–Kier alpha value is -1.88. The summed E-state index contributed by atoms with van der Waals surface area (Å²) in [6.45, 7) is 8.51. The van der Waals surface area contributed by atoms with Crippen LogP contribution in [0.4, 0.5) is 4.79 Å². The molecule has 0 aliphatic carbocycles. The van der Waals surface area contributed by atoms with Crippen molar-refractivity contribution in [3.8, 4) is 0 Å². The van der Waals surface area contributed by atoms with Crippen molar-refractivity contribution in [2.75, 3.05) is 32.7 Å². The van der Waals surface area contributed by atoms with Crippen molar-refractivity contribution in [1.82, 2.24) is 20.1 Å². The molecule has 0 radical (unpaired) electrons. The van der Waals surface area contributed by atoms with Crippen LogP contribution in [-0.4, -0.2) is 53.5 Å². The van der Waals surface area contributed by atoms with Crippen molar-refractivity contribution in [2.45, 2.75) is 6.54 Å². The number of amides is 2. The third-order valence-corrected chi connectivity index (χ3v) is 3.21. The molecule has 1 N–H and O–H groups in total. The summed E-state index contributed by atoms with van der Waals surface area (Å²) in [6, 6.07) is 3.83. The van der Waals surface area contributed by atoms with E-state index in [4.69, 9.17) is 0 Å². The molecule has 0 saturated carbocycles. The number of pyridine rings is 1. The zero-order valence-corrected chi connectivity index (χ0v) is 11.1. The van der Waals surface area contributed by atoms with Crippen LogP contribution in [0.2, 0.25) is 0 Å². The number of urea groups is 1. The number of hydrogen-bond acceptors (Lipinski definition) is 3. The minimum Gasteiger partial charge on any atom is -0.334 e. The first-order chi connectivity index (χ1) is 9.29. The lowest BCUT2D eigenvalue weighted by atomic mass is 10.3. The van der Waals surface area contributed by atoms with Gasteiger partial charge in [-0.05, 0) is 11.6 Å². The highest BCUT2D eigenvalue weighted by molar-refractivity contribution is 5.74. The summed E-state index contributed by atoms with van der Waals surface area (Å²) in [5.41, 5.74) is 1.01. The van der Waals surface area contributed by atoms with E-state index in [-0.39, 0.29) is 6.03 Å². The molecule has 0 atom stereocenters. The van der Waals surface area contributed by atoms with E-state index in [2.05, 4.69) is 21.8 Å². The van der Waals surface area contributed by atoms with Crippen molar-refractivity contribution in [3.63, 3.8) is 0 Å². The van der Waals surface area contributed by atoms with Crippen LogP contribution in [0.5, 0.6) is 0 Å². The summed E-state index contributed by atoms with van der Waals surface area (Å²) in [5, 5.41) is 2.92. The van der Waals surface area contributed by atoms with Gasteiger partial charge in [-0.15, -0.1) is 6.58 Å². The molecule has 2 heterocycles. The Bertz CT molecular complexity index is 413. The van der Waals surface area contributed by atoms with E-state index >= 15 is 0 Å². The first-order valence-corrected chi connectivity index (χ1v) is 6.54. The van der Waals surface area contributed by atoms with Gasteiger partial charge >= 0.3 is 6.03 Å². The van der Waals surface area contributed by atoms with E-state index in [1.807, 2.05) is 23.1 Å². The normalized spacial score (nSPS) is 16.1. The van der Waals surface area contributed by atoms with Gasteiger partial charge in [0.15, 0.2) is 0 Å². The maximum Gasteiger partial charge on any atom is 0.317 e. The first-order valence-electron chi connectivity index (χ1n) is 6.54. The molecule has 2 rings (SSSR count). The molecule has 1 aliphatic heterocycles. The van der Waals surface area contributed by atoms with Crippen LogP contribution in [0.25, 0.3) is 0 Å². The standard InChI is InChI=1S/C14H20N4O/c1-2-6-17-7-9-18(10-8-17)14(19)16-12-13-4-3-5-15-11-13/h2-5,11H,1,6-10,12H2,(H,16,19). The maximum absolute atomic E-state index is 12.0. The molecule has 1 aliphatic rings. The zero-order valence-electron chi connectivity index (χ0n) is 11.1. The van der Waals surface area contributed by atoms with Crippen LogP contribution in [0, 0.1) is 0 Å². The number of rotatable bonds is 4. The molecule has 2 amide bonds. The highest BCUT2D eigenvalue weighted by atomic mass is 16.2. The summed E-state index contributed by atoms with van der Waals surface area (Å²) in [4.78, 5) is 20.2. The Balaban J connectivity index is 1.74. The number of carbonyl (C=O) groups is 1. The van der Waals surface area contributed by atoms with E-state index in [1.165, 1.54) is 0 Å². The molecule has 1 aromatic heterocycles. The second-order valence-corrected chi connectivity index (χ2v) is 4.60. The van der Waals surface area contributed by atoms with Crippen molar-refractivity contribution in [2.24, 2.45) is 0 Å². The van der Waals surface area contributed by atoms with Crippen LogP contribution in [-0.2, 0) is 6.54 Å². The van der Waals surface area contributed by atoms with Gasteiger partial charge in [0.1, 0.15) is 0 Å². The second-order valence-electron chi connectivity index (χ2n) is 4.60. The fraction of sp³-hybridized carbons (Fsp3) is 0.429. The predicted molar refractivity (Wildman–Crippen MR) is 74.7 cm³/mol. The summed E-state index contributed by atoms with van der Waals surface area (Å²) in [6.07, 6.45) is 5.39. The lowest BCUT2D eigenvalue weighted by Gasteiger charge is -2.34. The number of hydrogen-bond donors (Lipinski definition) is 1. The van der Waals surface area contributed by atoms with Crippen LogP contribution in [0.1, 0.15) is 5.56 Å². The van der Waals surface area contributed by atoms with Crippen LogP contribution < -0.4 is 5.32 Å². The van der Waals surface area contributed by atoms with Crippen molar-refractivity contribution in [3.05, 3.63) is 42.7 Å². The van der Waals surface area contributed by atoms with Gasteiger partial charge in [0.2, 0.25) is 0 Å². The molecular weight excluding hydrogens is 240 g/mol. The average molecular weight is 260 g/mol. The largest absolute Gasteiger partial charge is 0.334 e. The van der Waals surface area contributed by atoms with Gasteiger partial charge in [-0.3, -0.25) is 9.88 Å². The van der Waals surface area contributed by atoms with Gasteiger partial charge in [0.25, 0.3) is 0 Å².